The highest BCUT2D eigenvalue weighted by Crippen LogP contribution is 2.38. The molecule has 4 nitrogen and oxygen atoms in total. The minimum Gasteiger partial charge on any atom is -0.627 e. The Hall–Kier alpha value is -1.62. The second-order valence-electron chi connectivity index (χ2n) is 4.79. The van der Waals surface area contributed by atoms with Gasteiger partial charge in [-0.15, -0.1) is 0 Å². The molecule has 0 unspecified atom stereocenters. The Bertz CT molecular complexity index is 577. The Morgan fingerprint density at radius 1 is 1.00 bits per heavy atom. The van der Waals surface area contributed by atoms with Crippen LogP contribution in [-0.2, 0) is 0 Å². The molecule has 0 atom stereocenters. The first kappa shape index (κ1) is 11.5. The van der Waals surface area contributed by atoms with E-state index in [0.29, 0.717) is 18.8 Å². The highest BCUT2D eigenvalue weighted by molar-refractivity contribution is 5.97. The number of hydroxylamine groups is 2. The molecule has 1 aliphatic heterocycles. The normalized spacial score (nSPS) is 18.1. The Balaban J connectivity index is 2.25. The molecule has 0 aromatic heterocycles. The average Bonchev–Trinajstić information content (AvgIpc) is 2.85. The zero-order valence-electron chi connectivity index (χ0n) is 10.1. The highest BCUT2D eigenvalue weighted by atomic mass is 16.6. The van der Waals surface area contributed by atoms with Gasteiger partial charge >= 0.3 is 0 Å². The predicted molar refractivity (Wildman–Crippen MR) is 72.9 cm³/mol. The van der Waals surface area contributed by atoms with Crippen LogP contribution in [-0.4, -0.2) is 13.1 Å². The van der Waals surface area contributed by atoms with E-state index in [4.69, 9.17) is 10.7 Å². The fourth-order valence-corrected chi connectivity index (χ4v) is 2.80. The van der Waals surface area contributed by atoms with Crippen LogP contribution in [0.2, 0.25) is 0 Å². The van der Waals surface area contributed by atoms with Crippen molar-refractivity contribution in [3.8, 4) is 5.75 Å². The van der Waals surface area contributed by atoms with E-state index in [9.17, 15) is 5.21 Å². The maximum Gasteiger partial charge on any atom is 0.155 e. The number of fused-ring (bicyclic) bond motifs is 1. The van der Waals surface area contributed by atoms with Crippen LogP contribution in [0.25, 0.3) is 10.8 Å². The van der Waals surface area contributed by atoms with E-state index in [-0.39, 0.29) is 4.65 Å². The summed E-state index contributed by atoms with van der Waals surface area (Å²) < 4.78 is -0.231. The molecule has 1 heterocycles. The van der Waals surface area contributed by atoms with Crippen molar-refractivity contribution in [3.05, 3.63) is 41.6 Å². The average molecular weight is 244 g/mol. The van der Waals surface area contributed by atoms with Crippen molar-refractivity contribution >= 4 is 16.5 Å². The van der Waals surface area contributed by atoms with Gasteiger partial charge in [-0.1, -0.05) is 18.2 Å². The lowest BCUT2D eigenvalue weighted by Crippen LogP contribution is -2.39. The lowest BCUT2D eigenvalue weighted by atomic mass is 10.1. The molecule has 2 aromatic carbocycles. The van der Waals surface area contributed by atoms with Crippen molar-refractivity contribution in [2.24, 2.45) is 5.90 Å². The summed E-state index contributed by atoms with van der Waals surface area (Å²) in [6.07, 6.45) is 1.99. The Labute approximate surface area is 106 Å². The fraction of sp³-hybridized carbons (Fsp3) is 0.286. The van der Waals surface area contributed by atoms with Crippen LogP contribution in [0.5, 0.6) is 5.75 Å². The van der Waals surface area contributed by atoms with Crippen LogP contribution in [0.3, 0.4) is 0 Å². The molecule has 0 bridgehead atoms. The molecule has 2 aromatic rings. The third-order valence-electron chi connectivity index (χ3n) is 3.72. The molecule has 0 amide bonds. The molecule has 4 heteroatoms. The SMILES string of the molecule is NOc1ccc([N+]2([O-])CCCC2)c2ccccc12. The van der Waals surface area contributed by atoms with Crippen LogP contribution >= 0.6 is 0 Å². The molecule has 18 heavy (non-hydrogen) atoms. The van der Waals surface area contributed by atoms with Crippen molar-refractivity contribution < 1.29 is 4.84 Å². The number of nitrogens with two attached hydrogens (primary N) is 1. The van der Waals surface area contributed by atoms with Crippen molar-refractivity contribution in [3.63, 3.8) is 0 Å². The summed E-state index contributed by atoms with van der Waals surface area (Å²) in [6.45, 7) is 1.32. The second kappa shape index (κ2) is 4.24. The van der Waals surface area contributed by atoms with Crippen LogP contribution in [0, 0.1) is 5.21 Å². The maximum atomic E-state index is 12.8. The molecule has 1 fully saturated rings. The van der Waals surface area contributed by atoms with Gasteiger partial charge in [0, 0.05) is 29.7 Å². The minimum atomic E-state index is -0.231. The number of rotatable bonds is 2. The van der Waals surface area contributed by atoms with E-state index in [2.05, 4.69) is 0 Å². The lowest BCUT2D eigenvalue weighted by molar-refractivity contribution is 0.338. The van der Waals surface area contributed by atoms with Crippen LogP contribution < -0.4 is 15.4 Å². The van der Waals surface area contributed by atoms with Crippen molar-refractivity contribution in [1.29, 1.82) is 0 Å². The zero-order valence-corrected chi connectivity index (χ0v) is 10.1. The molecular formula is C14H16N2O2. The summed E-state index contributed by atoms with van der Waals surface area (Å²) in [5, 5.41) is 14.6. The molecule has 0 radical (unpaired) electrons. The topological polar surface area (TPSA) is 58.3 Å². The largest absolute Gasteiger partial charge is 0.627 e. The standard InChI is InChI=1S/C14H16N2O2/c15-18-14-8-7-13(16(17)9-3-4-10-16)11-5-1-2-6-12(11)14/h1-2,5-8H,3-4,9-10,15H2. The van der Waals surface area contributed by atoms with Gasteiger partial charge in [0.1, 0.15) is 5.69 Å². The third-order valence-corrected chi connectivity index (χ3v) is 3.72. The van der Waals surface area contributed by atoms with E-state index in [0.717, 1.165) is 29.3 Å². The van der Waals surface area contributed by atoms with Crippen LogP contribution in [0.4, 0.5) is 5.69 Å². The fourth-order valence-electron chi connectivity index (χ4n) is 2.80. The zero-order chi connectivity index (χ0) is 12.6. The Morgan fingerprint density at radius 3 is 2.33 bits per heavy atom. The predicted octanol–water partition coefficient (Wildman–Crippen LogP) is 2.69. The molecule has 1 saturated heterocycles. The van der Waals surface area contributed by atoms with Gasteiger partial charge in [-0.3, -0.25) is 0 Å². The Morgan fingerprint density at radius 2 is 1.67 bits per heavy atom. The molecule has 94 valence electrons. The number of hydrogen-bond acceptors (Lipinski definition) is 3. The van der Waals surface area contributed by atoms with Gasteiger partial charge in [0.15, 0.2) is 5.75 Å². The number of hydrogen-bond donors (Lipinski definition) is 1. The first-order valence-electron chi connectivity index (χ1n) is 6.22. The molecule has 3 rings (SSSR count). The Kier molecular flexibility index (Phi) is 2.70. The maximum absolute atomic E-state index is 12.8. The molecule has 0 saturated carbocycles. The minimum absolute atomic E-state index is 0.231. The summed E-state index contributed by atoms with van der Waals surface area (Å²) in [6, 6.07) is 11.4. The summed E-state index contributed by atoms with van der Waals surface area (Å²) in [4.78, 5) is 4.87. The lowest BCUT2D eigenvalue weighted by Gasteiger charge is -2.38. The van der Waals surface area contributed by atoms with E-state index >= 15 is 0 Å². The van der Waals surface area contributed by atoms with E-state index in [1.54, 1.807) is 6.07 Å². The third kappa shape index (κ3) is 1.66. The van der Waals surface area contributed by atoms with Gasteiger partial charge < -0.3 is 14.7 Å². The van der Waals surface area contributed by atoms with Gasteiger partial charge in [-0.05, 0) is 12.1 Å². The van der Waals surface area contributed by atoms with E-state index in [1.807, 2.05) is 30.3 Å². The van der Waals surface area contributed by atoms with Crippen LogP contribution in [0.15, 0.2) is 36.4 Å². The summed E-state index contributed by atoms with van der Waals surface area (Å²) >= 11 is 0. The molecule has 1 aliphatic rings. The summed E-state index contributed by atoms with van der Waals surface area (Å²) in [5.74, 6) is 5.88. The van der Waals surface area contributed by atoms with Crippen LogP contribution in [0.1, 0.15) is 12.8 Å². The molecule has 0 aliphatic carbocycles. The summed E-state index contributed by atoms with van der Waals surface area (Å²) in [7, 11) is 0. The monoisotopic (exact) mass is 244 g/mol. The van der Waals surface area contributed by atoms with Crippen molar-refractivity contribution in [2.45, 2.75) is 12.8 Å². The number of quaternary nitrogens is 1. The van der Waals surface area contributed by atoms with Gasteiger partial charge in [0.2, 0.25) is 0 Å². The molecule has 2 N–H and O–H groups in total. The van der Waals surface area contributed by atoms with E-state index in [1.165, 1.54) is 0 Å². The molecule has 0 spiro atoms. The van der Waals surface area contributed by atoms with Gasteiger partial charge in [-0.25, -0.2) is 0 Å². The smallest absolute Gasteiger partial charge is 0.155 e. The van der Waals surface area contributed by atoms with Crippen molar-refractivity contribution in [2.75, 3.05) is 13.1 Å². The van der Waals surface area contributed by atoms with Gasteiger partial charge in [0.25, 0.3) is 0 Å². The van der Waals surface area contributed by atoms with E-state index < -0.39 is 0 Å². The second-order valence-corrected chi connectivity index (χ2v) is 4.79. The first-order chi connectivity index (χ1) is 8.74. The summed E-state index contributed by atoms with van der Waals surface area (Å²) in [5.41, 5.74) is 0.823. The quantitative estimate of drug-likeness (QED) is 0.502. The molecular weight excluding hydrogens is 228 g/mol. The van der Waals surface area contributed by atoms with Crippen molar-refractivity contribution in [1.82, 2.24) is 4.65 Å². The number of benzene rings is 2. The first-order valence-corrected chi connectivity index (χ1v) is 6.22. The van der Waals surface area contributed by atoms with Gasteiger partial charge in [0.05, 0.1) is 13.1 Å². The van der Waals surface area contributed by atoms with Gasteiger partial charge in [-0.2, -0.15) is 5.90 Å². The highest BCUT2D eigenvalue weighted by Gasteiger charge is 2.27. The number of nitrogens with zero attached hydrogens (tertiary/aromatic N) is 1.